The van der Waals surface area contributed by atoms with E-state index in [-0.39, 0.29) is 6.54 Å². The van der Waals surface area contributed by atoms with E-state index in [1.807, 2.05) is 0 Å². The number of piperidine rings is 1. The molecule has 1 heterocycles. The third-order valence-corrected chi connectivity index (χ3v) is 3.97. The van der Waals surface area contributed by atoms with Crippen molar-refractivity contribution in [3.05, 3.63) is 0 Å². The normalized spacial score (nSPS) is 20.8. The maximum absolute atomic E-state index is 12.2. The highest BCUT2D eigenvalue weighted by Gasteiger charge is 2.48. The van der Waals surface area contributed by atoms with Gasteiger partial charge in [0.2, 0.25) is 0 Å². The smallest absolute Gasteiger partial charge is 0.444 e. The molecule has 1 aliphatic rings. The van der Waals surface area contributed by atoms with Gasteiger partial charge in [0.15, 0.2) is 0 Å². The van der Waals surface area contributed by atoms with Gasteiger partial charge < -0.3 is 9.64 Å². The van der Waals surface area contributed by atoms with Crippen LogP contribution in [0.3, 0.4) is 0 Å². The van der Waals surface area contributed by atoms with Crippen LogP contribution >= 0.6 is 0 Å². The Balaban J connectivity index is 2.73. The first-order valence-corrected chi connectivity index (χ1v) is 8.19. The quantitative estimate of drug-likeness (QED) is 0.580. The van der Waals surface area contributed by atoms with E-state index in [4.69, 9.17) is 4.74 Å². The van der Waals surface area contributed by atoms with Gasteiger partial charge in [-0.25, -0.2) is 4.79 Å². The number of ether oxygens (including phenoxy) is 1. The van der Waals surface area contributed by atoms with Crippen LogP contribution in [0, 0.1) is 0 Å². The van der Waals surface area contributed by atoms with Crippen LogP contribution in [0.25, 0.3) is 0 Å². The van der Waals surface area contributed by atoms with Crippen molar-refractivity contribution in [2.24, 2.45) is 0 Å². The molecule has 0 saturated carbocycles. The highest BCUT2D eigenvalue weighted by Crippen LogP contribution is 2.26. The number of alkyl halides is 3. The lowest BCUT2D eigenvalue weighted by Crippen LogP contribution is -2.48. The second kappa shape index (κ2) is 6.61. The van der Waals surface area contributed by atoms with Crippen molar-refractivity contribution < 1.29 is 35.3 Å². The number of carbonyl (C=O) groups is 1. The number of hydrogen-bond donors (Lipinski definition) is 0. The summed E-state index contributed by atoms with van der Waals surface area (Å²) in [6, 6.07) is -0.763. The van der Waals surface area contributed by atoms with Crippen LogP contribution in [-0.4, -0.2) is 49.7 Å². The Morgan fingerprint density at radius 2 is 1.82 bits per heavy atom. The summed E-state index contributed by atoms with van der Waals surface area (Å²) in [5.74, 6) is 0. The highest BCUT2D eigenvalue weighted by atomic mass is 32.2. The summed E-state index contributed by atoms with van der Waals surface area (Å²) in [7, 11) is -5.66. The fourth-order valence-corrected chi connectivity index (χ4v) is 2.44. The molecule has 0 spiro atoms. The Bertz CT molecular complexity index is 498. The van der Waals surface area contributed by atoms with E-state index >= 15 is 0 Å². The van der Waals surface area contributed by atoms with E-state index in [0.29, 0.717) is 19.3 Å². The molecule has 0 aromatic carbocycles. The van der Waals surface area contributed by atoms with E-state index in [2.05, 4.69) is 4.18 Å². The molecule has 0 radical (unpaired) electrons. The topological polar surface area (TPSA) is 72.9 Å². The molecule has 0 aromatic heterocycles. The molecule has 6 nitrogen and oxygen atoms in total. The molecule has 1 atom stereocenters. The number of rotatable bonds is 3. The summed E-state index contributed by atoms with van der Waals surface area (Å²) < 4.78 is 67.8. The van der Waals surface area contributed by atoms with Crippen LogP contribution in [0.5, 0.6) is 0 Å². The summed E-state index contributed by atoms with van der Waals surface area (Å²) in [5.41, 5.74) is -6.23. The zero-order chi connectivity index (χ0) is 17.2. The van der Waals surface area contributed by atoms with E-state index in [1.165, 1.54) is 4.90 Å². The highest BCUT2D eigenvalue weighted by molar-refractivity contribution is 7.87. The van der Waals surface area contributed by atoms with Crippen molar-refractivity contribution in [1.82, 2.24) is 4.90 Å². The predicted molar refractivity (Wildman–Crippen MR) is 71.5 cm³/mol. The molecule has 1 fully saturated rings. The largest absolute Gasteiger partial charge is 0.523 e. The van der Waals surface area contributed by atoms with Gasteiger partial charge >= 0.3 is 21.7 Å². The van der Waals surface area contributed by atoms with Gasteiger partial charge in [0.1, 0.15) is 5.60 Å². The molecule has 22 heavy (non-hydrogen) atoms. The SMILES string of the molecule is CC(C)(C)OC(=O)N1CCCC[C@H]1COS(=O)(=O)C(F)(F)F. The van der Waals surface area contributed by atoms with Crippen LogP contribution in [-0.2, 0) is 19.0 Å². The molecular weight excluding hydrogens is 327 g/mol. The summed E-state index contributed by atoms with van der Waals surface area (Å²) in [5, 5.41) is 0. The van der Waals surface area contributed by atoms with Crippen LogP contribution < -0.4 is 0 Å². The molecule has 130 valence electrons. The van der Waals surface area contributed by atoms with Crippen molar-refractivity contribution in [2.45, 2.75) is 57.2 Å². The molecule has 1 saturated heterocycles. The second-order valence-corrected chi connectivity index (χ2v) is 7.61. The number of nitrogens with zero attached hydrogens (tertiary/aromatic N) is 1. The number of likely N-dealkylation sites (tertiary alicyclic amines) is 1. The number of hydrogen-bond acceptors (Lipinski definition) is 5. The van der Waals surface area contributed by atoms with Crippen molar-refractivity contribution in [2.75, 3.05) is 13.2 Å². The molecule has 0 aliphatic carbocycles. The monoisotopic (exact) mass is 347 g/mol. The molecular formula is C12H20F3NO5S. The van der Waals surface area contributed by atoms with Crippen molar-refractivity contribution in [3.8, 4) is 0 Å². The van der Waals surface area contributed by atoms with Gasteiger partial charge in [-0.05, 0) is 40.0 Å². The standard InChI is InChI=1S/C12H20F3NO5S/c1-11(2,3)21-10(17)16-7-5-4-6-9(16)8-20-22(18,19)12(13,14)15/h9H,4-8H2,1-3H3/t9-/m0/s1. The van der Waals surface area contributed by atoms with Crippen molar-refractivity contribution in [3.63, 3.8) is 0 Å². The summed E-state index contributed by atoms with van der Waals surface area (Å²) in [6.45, 7) is 4.54. The van der Waals surface area contributed by atoms with E-state index in [1.54, 1.807) is 20.8 Å². The van der Waals surface area contributed by atoms with Crippen LogP contribution in [0.2, 0.25) is 0 Å². The zero-order valence-corrected chi connectivity index (χ0v) is 13.5. The molecule has 0 bridgehead atoms. The zero-order valence-electron chi connectivity index (χ0n) is 12.6. The Morgan fingerprint density at radius 3 is 2.32 bits per heavy atom. The van der Waals surface area contributed by atoms with E-state index in [9.17, 15) is 26.4 Å². The fourth-order valence-electron chi connectivity index (χ4n) is 1.97. The minimum Gasteiger partial charge on any atom is -0.444 e. The Morgan fingerprint density at radius 1 is 1.23 bits per heavy atom. The van der Waals surface area contributed by atoms with Crippen molar-refractivity contribution in [1.29, 1.82) is 0 Å². The van der Waals surface area contributed by atoms with E-state index in [0.717, 1.165) is 0 Å². The molecule has 0 unspecified atom stereocenters. The van der Waals surface area contributed by atoms with Gasteiger partial charge in [0.25, 0.3) is 0 Å². The van der Waals surface area contributed by atoms with Gasteiger partial charge in [0, 0.05) is 6.54 Å². The fraction of sp³-hybridized carbons (Fsp3) is 0.917. The lowest BCUT2D eigenvalue weighted by molar-refractivity contribution is -0.0562. The Hall–Kier alpha value is -1.03. The molecule has 0 N–H and O–H groups in total. The third-order valence-electron chi connectivity index (χ3n) is 2.95. The van der Waals surface area contributed by atoms with Gasteiger partial charge in [-0.1, -0.05) is 0 Å². The Labute approximate surface area is 127 Å². The first kappa shape index (κ1) is 19.0. The first-order valence-electron chi connectivity index (χ1n) is 6.79. The summed E-state index contributed by atoms with van der Waals surface area (Å²) in [4.78, 5) is 13.2. The van der Waals surface area contributed by atoms with E-state index < -0.39 is 40.0 Å². The number of halogens is 3. The van der Waals surface area contributed by atoms with Gasteiger partial charge in [-0.15, -0.1) is 0 Å². The van der Waals surface area contributed by atoms with Gasteiger partial charge in [-0.3, -0.25) is 4.18 Å². The molecule has 10 heteroatoms. The maximum atomic E-state index is 12.2. The molecule has 1 amide bonds. The minimum absolute atomic E-state index is 0.287. The molecule has 1 aliphatic heterocycles. The van der Waals surface area contributed by atoms with Gasteiger partial charge in [-0.2, -0.15) is 21.6 Å². The summed E-state index contributed by atoms with van der Waals surface area (Å²) in [6.07, 6.45) is 0.999. The minimum atomic E-state index is -5.66. The maximum Gasteiger partial charge on any atom is 0.523 e. The lowest BCUT2D eigenvalue weighted by atomic mass is 10.0. The van der Waals surface area contributed by atoms with Crippen molar-refractivity contribution >= 4 is 16.2 Å². The van der Waals surface area contributed by atoms with Crippen LogP contribution in [0.4, 0.5) is 18.0 Å². The number of carbonyl (C=O) groups excluding carboxylic acids is 1. The predicted octanol–water partition coefficient (Wildman–Crippen LogP) is 2.64. The third kappa shape index (κ3) is 5.31. The average Bonchev–Trinajstić information content (AvgIpc) is 2.33. The van der Waals surface area contributed by atoms with Gasteiger partial charge in [0.05, 0.1) is 12.6 Å². The second-order valence-electron chi connectivity index (χ2n) is 6.01. The summed E-state index contributed by atoms with van der Waals surface area (Å²) >= 11 is 0. The molecule has 1 rings (SSSR count). The van der Waals surface area contributed by atoms with Crippen LogP contribution in [0.15, 0.2) is 0 Å². The molecule has 0 aromatic rings. The Kier molecular flexibility index (Phi) is 5.71. The van der Waals surface area contributed by atoms with Crippen LogP contribution in [0.1, 0.15) is 40.0 Å². The average molecular weight is 347 g/mol. The number of amides is 1. The first-order chi connectivity index (χ1) is 9.83. The lowest BCUT2D eigenvalue weighted by Gasteiger charge is -2.36.